The monoisotopic (exact) mass is 342 g/mol. The van der Waals surface area contributed by atoms with Crippen LogP contribution in [-0.4, -0.2) is 30.8 Å². The second-order valence-corrected chi connectivity index (χ2v) is 5.81. The number of hydrogen-bond donors (Lipinski definition) is 2. The van der Waals surface area contributed by atoms with Gasteiger partial charge in [-0.1, -0.05) is 6.92 Å². The number of hydrogen-bond acceptors (Lipinski definition) is 4. The lowest BCUT2D eigenvalue weighted by atomic mass is 10.1. The summed E-state index contributed by atoms with van der Waals surface area (Å²) in [5.74, 6) is 0.657. The largest absolute Gasteiger partial charge is 0.494 e. The highest BCUT2D eigenvalue weighted by atomic mass is 16.5. The predicted molar refractivity (Wildman–Crippen MR) is 94.8 cm³/mol. The summed E-state index contributed by atoms with van der Waals surface area (Å²) in [6, 6.07) is 7.38. The first-order valence-electron chi connectivity index (χ1n) is 8.39. The van der Waals surface area contributed by atoms with Gasteiger partial charge in [-0.3, -0.25) is 9.55 Å². The number of nitrogens with one attached hydrogen (secondary N) is 1. The molecule has 0 atom stereocenters. The summed E-state index contributed by atoms with van der Waals surface area (Å²) in [5.41, 5.74) is 0.949. The van der Waals surface area contributed by atoms with Gasteiger partial charge in [0.15, 0.2) is 0 Å². The third-order valence-electron chi connectivity index (χ3n) is 3.92. The van der Waals surface area contributed by atoms with Gasteiger partial charge in [-0.25, -0.2) is 9.78 Å². The van der Waals surface area contributed by atoms with Crippen molar-refractivity contribution in [1.29, 1.82) is 0 Å². The van der Waals surface area contributed by atoms with E-state index in [2.05, 4.69) is 16.9 Å². The van der Waals surface area contributed by atoms with Crippen LogP contribution < -0.4 is 10.4 Å². The molecule has 25 heavy (non-hydrogen) atoms. The summed E-state index contributed by atoms with van der Waals surface area (Å²) in [7, 11) is 0. The smallest absolute Gasteiger partial charge is 0.328 e. The van der Waals surface area contributed by atoms with Gasteiger partial charge in [-0.2, -0.15) is 0 Å². The minimum Gasteiger partial charge on any atom is -0.494 e. The maximum atomic E-state index is 12.1. The van der Waals surface area contributed by atoms with E-state index in [0.29, 0.717) is 18.8 Å². The van der Waals surface area contributed by atoms with Gasteiger partial charge in [-0.05, 0) is 37.1 Å². The van der Waals surface area contributed by atoms with Gasteiger partial charge in [0.2, 0.25) is 5.88 Å². The number of imidazole rings is 2. The second kappa shape index (κ2) is 7.74. The van der Waals surface area contributed by atoms with Gasteiger partial charge in [0.1, 0.15) is 11.4 Å². The Morgan fingerprint density at radius 1 is 1.24 bits per heavy atom. The van der Waals surface area contributed by atoms with E-state index in [1.54, 1.807) is 17.1 Å². The molecule has 2 aromatic heterocycles. The minimum absolute atomic E-state index is 0.116. The van der Waals surface area contributed by atoms with E-state index in [9.17, 15) is 9.90 Å². The molecule has 0 saturated heterocycles. The molecule has 0 bridgehead atoms. The third-order valence-corrected chi connectivity index (χ3v) is 3.92. The van der Waals surface area contributed by atoms with E-state index >= 15 is 0 Å². The van der Waals surface area contributed by atoms with Crippen molar-refractivity contribution in [3.63, 3.8) is 0 Å². The summed E-state index contributed by atoms with van der Waals surface area (Å²) >= 11 is 0. The van der Waals surface area contributed by atoms with Crippen LogP contribution >= 0.6 is 0 Å². The van der Waals surface area contributed by atoms with Crippen molar-refractivity contribution >= 4 is 0 Å². The van der Waals surface area contributed by atoms with Crippen LogP contribution in [-0.2, 0) is 13.1 Å². The van der Waals surface area contributed by atoms with E-state index in [1.807, 2.05) is 35.0 Å². The SMILES string of the molecule is CCCOc1ccc(-c2c(O)[nH]c(=O)n2CCCn2ccnc2)cc1. The van der Waals surface area contributed by atoms with Crippen molar-refractivity contribution in [2.24, 2.45) is 0 Å². The number of H-pyrrole nitrogens is 1. The summed E-state index contributed by atoms with van der Waals surface area (Å²) < 4.78 is 9.09. The molecule has 2 N–H and O–H groups in total. The summed E-state index contributed by atoms with van der Waals surface area (Å²) in [6.07, 6.45) is 7.04. The number of aromatic nitrogens is 4. The molecule has 1 aromatic carbocycles. The number of ether oxygens (including phenoxy) is 1. The molecule has 7 nitrogen and oxygen atoms in total. The van der Waals surface area contributed by atoms with Crippen molar-refractivity contribution in [2.75, 3.05) is 6.61 Å². The average molecular weight is 342 g/mol. The average Bonchev–Trinajstić information content (AvgIpc) is 3.22. The Bertz CT molecular complexity index is 848. The fraction of sp³-hybridized carbons (Fsp3) is 0.333. The fourth-order valence-corrected chi connectivity index (χ4v) is 2.72. The Morgan fingerprint density at radius 3 is 2.72 bits per heavy atom. The molecule has 3 aromatic rings. The van der Waals surface area contributed by atoms with Crippen LogP contribution in [0.1, 0.15) is 19.8 Å². The van der Waals surface area contributed by atoms with Crippen molar-refractivity contribution < 1.29 is 9.84 Å². The van der Waals surface area contributed by atoms with E-state index in [0.717, 1.165) is 30.7 Å². The topological polar surface area (TPSA) is 85.1 Å². The number of aromatic amines is 1. The van der Waals surface area contributed by atoms with Crippen LogP contribution in [0.4, 0.5) is 0 Å². The first-order valence-corrected chi connectivity index (χ1v) is 8.39. The highest BCUT2D eigenvalue weighted by Gasteiger charge is 2.15. The van der Waals surface area contributed by atoms with E-state index < -0.39 is 0 Å². The molecule has 0 aliphatic rings. The van der Waals surface area contributed by atoms with Crippen molar-refractivity contribution in [3.05, 3.63) is 53.5 Å². The van der Waals surface area contributed by atoms with Gasteiger partial charge in [-0.15, -0.1) is 0 Å². The number of rotatable bonds is 8. The van der Waals surface area contributed by atoms with Crippen molar-refractivity contribution in [1.82, 2.24) is 19.1 Å². The first kappa shape index (κ1) is 16.9. The zero-order valence-corrected chi connectivity index (χ0v) is 14.2. The normalized spacial score (nSPS) is 10.9. The lowest BCUT2D eigenvalue weighted by molar-refractivity contribution is 0.317. The predicted octanol–water partition coefficient (Wildman–Crippen LogP) is 2.62. The van der Waals surface area contributed by atoms with Crippen LogP contribution in [0.3, 0.4) is 0 Å². The van der Waals surface area contributed by atoms with E-state index in [4.69, 9.17) is 4.74 Å². The Labute approximate surface area is 145 Å². The van der Waals surface area contributed by atoms with Crippen LogP contribution in [0.5, 0.6) is 11.6 Å². The standard InChI is InChI=1S/C18H22N4O3/c1-2-12-25-15-6-4-14(5-7-15)16-17(23)20-18(24)22(16)10-3-9-21-11-8-19-13-21/h4-8,11,13,23H,2-3,9-10,12H2,1H3,(H,20,24). The molecule has 0 aliphatic carbocycles. The highest BCUT2D eigenvalue weighted by molar-refractivity contribution is 5.65. The lowest BCUT2D eigenvalue weighted by Gasteiger charge is -2.09. The Kier molecular flexibility index (Phi) is 5.23. The molecule has 0 saturated carbocycles. The molecular weight excluding hydrogens is 320 g/mol. The molecule has 7 heteroatoms. The summed E-state index contributed by atoms with van der Waals surface area (Å²) in [4.78, 5) is 18.6. The third kappa shape index (κ3) is 3.93. The molecule has 2 heterocycles. The van der Waals surface area contributed by atoms with Gasteiger partial charge in [0, 0.05) is 31.0 Å². The van der Waals surface area contributed by atoms with Crippen molar-refractivity contribution in [3.8, 4) is 22.9 Å². The van der Waals surface area contributed by atoms with Gasteiger partial charge >= 0.3 is 5.69 Å². The van der Waals surface area contributed by atoms with E-state index in [-0.39, 0.29) is 11.6 Å². The maximum Gasteiger partial charge on any atom is 0.328 e. The quantitative estimate of drug-likeness (QED) is 0.659. The van der Waals surface area contributed by atoms with Crippen LogP contribution in [0.2, 0.25) is 0 Å². The molecule has 0 fully saturated rings. The Morgan fingerprint density at radius 2 is 2.04 bits per heavy atom. The lowest BCUT2D eigenvalue weighted by Crippen LogP contribution is -2.18. The van der Waals surface area contributed by atoms with Gasteiger partial charge in [0.05, 0.1) is 12.9 Å². The zero-order chi connectivity index (χ0) is 17.6. The second-order valence-electron chi connectivity index (χ2n) is 5.81. The molecule has 132 valence electrons. The summed E-state index contributed by atoms with van der Waals surface area (Å²) in [6.45, 7) is 3.96. The first-order chi connectivity index (χ1) is 12.2. The Balaban J connectivity index is 1.77. The van der Waals surface area contributed by atoms with Crippen molar-refractivity contribution in [2.45, 2.75) is 32.9 Å². The molecular formula is C18H22N4O3. The molecule has 0 aliphatic heterocycles. The summed E-state index contributed by atoms with van der Waals surface area (Å²) in [5, 5.41) is 10.1. The zero-order valence-electron chi connectivity index (χ0n) is 14.2. The van der Waals surface area contributed by atoms with Crippen LogP contribution in [0.15, 0.2) is 47.8 Å². The number of aryl methyl sites for hydroxylation is 1. The van der Waals surface area contributed by atoms with E-state index in [1.165, 1.54) is 0 Å². The fourth-order valence-electron chi connectivity index (χ4n) is 2.72. The Hall–Kier alpha value is -2.96. The van der Waals surface area contributed by atoms with Gasteiger partial charge in [0.25, 0.3) is 0 Å². The molecule has 0 radical (unpaired) electrons. The number of aromatic hydroxyl groups is 1. The highest BCUT2D eigenvalue weighted by Crippen LogP contribution is 2.28. The molecule has 0 spiro atoms. The van der Waals surface area contributed by atoms with Crippen LogP contribution in [0, 0.1) is 0 Å². The maximum absolute atomic E-state index is 12.1. The minimum atomic E-state index is -0.315. The van der Waals surface area contributed by atoms with Gasteiger partial charge < -0.3 is 14.4 Å². The molecule has 3 rings (SSSR count). The number of nitrogens with zero attached hydrogens (tertiary/aromatic N) is 3. The van der Waals surface area contributed by atoms with Crippen LogP contribution in [0.25, 0.3) is 11.3 Å². The molecule has 0 amide bonds. The number of benzene rings is 1. The molecule has 0 unspecified atom stereocenters.